The Labute approximate surface area is 119 Å². The first-order valence-corrected chi connectivity index (χ1v) is 6.12. The summed E-state index contributed by atoms with van der Waals surface area (Å²) < 4.78 is 11.1. The van der Waals surface area contributed by atoms with E-state index in [1.807, 2.05) is 6.07 Å². The highest BCUT2D eigenvalue weighted by molar-refractivity contribution is 5.89. The summed E-state index contributed by atoms with van der Waals surface area (Å²) in [5, 5.41) is 18.8. The van der Waals surface area contributed by atoms with Gasteiger partial charge in [-0.15, -0.1) is 0 Å². The van der Waals surface area contributed by atoms with Crippen molar-refractivity contribution in [3.63, 3.8) is 0 Å². The SMILES string of the molecule is N#Cc1oc2ccccc2c1Oc1cccc(C(=O)O)c1. The Kier molecular flexibility index (Phi) is 3.05. The maximum absolute atomic E-state index is 11.0. The van der Waals surface area contributed by atoms with Crippen molar-refractivity contribution < 1.29 is 19.1 Å². The molecule has 5 nitrogen and oxygen atoms in total. The molecule has 0 aliphatic rings. The smallest absolute Gasteiger partial charge is 0.335 e. The number of carboxylic acid groups (broad SMARTS) is 1. The van der Waals surface area contributed by atoms with Crippen LogP contribution in [-0.4, -0.2) is 11.1 Å². The largest absolute Gasteiger partial charge is 0.478 e. The number of aromatic carboxylic acids is 1. The molecule has 0 amide bonds. The van der Waals surface area contributed by atoms with Crippen molar-refractivity contribution in [3.05, 3.63) is 59.9 Å². The van der Waals surface area contributed by atoms with Gasteiger partial charge in [-0.05, 0) is 30.3 Å². The van der Waals surface area contributed by atoms with Crippen LogP contribution in [0.5, 0.6) is 11.5 Å². The van der Waals surface area contributed by atoms with Gasteiger partial charge < -0.3 is 14.3 Å². The van der Waals surface area contributed by atoms with Crippen molar-refractivity contribution in [3.8, 4) is 17.6 Å². The summed E-state index contributed by atoms with van der Waals surface area (Å²) in [6, 6.07) is 15.1. The van der Waals surface area contributed by atoms with Gasteiger partial charge >= 0.3 is 5.97 Å². The van der Waals surface area contributed by atoms with Crippen LogP contribution in [0.15, 0.2) is 52.9 Å². The number of benzene rings is 2. The first-order chi connectivity index (χ1) is 10.2. The van der Waals surface area contributed by atoms with Gasteiger partial charge in [0.05, 0.1) is 10.9 Å². The highest BCUT2D eigenvalue weighted by atomic mass is 16.5. The predicted octanol–water partition coefficient (Wildman–Crippen LogP) is 3.79. The molecule has 0 fully saturated rings. The van der Waals surface area contributed by atoms with Crippen LogP contribution in [-0.2, 0) is 0 Å². The fourth-order valence-corrected chi connectivity index (χ4v) is 2.01. The molecular weight excluding hydrogens is 270 g/mol. The van der Waals surface area contributed by atoms with E-state index in [0.717, 1.165) is 0 Å². The summed E-state index contributed by atoms with van der Waals surface area (Å²) in [6.45, 7) is 0. The Morgan fingerprint density at radius 2 is 2.00 bits per heavy atom. The van der Waals surface area contributed by atoms with Gasteiger partial charge in [-0.3, -0.25) is 0 Å². The minimum atomic E-state index is -1.04. The zero-order valence-corrected chi connectivity index (χ0v) is 10.7. The normalized spacial score (nSPS) is 10.2. The van der Waals surface area contributed by atoms with Crippen LogP contribution in [0.2, 0.25) is 0 Å². The van der Waals surface area contributed by atoms with Gasteiger partial charge in [-0.1, -0.05) is 18.2 Å². The first kappa shape index (κ1) is 12.8. The summed E-state index contributed by atoms with van der Waals surface area (Å²) in [4.78, 5) is 11.0. The average Bonchev–Trinajstić information content (AvgIpc) is 2.86. The van der Waals surface area contributed by atoms with E-state index in [1.165, 1.54) is 12.1 Å². The van der Waals surface area contributed by atoms with E-state index in [0.29, 0.717) is 16.7 Å². The minimum absolute atomic E-state index is 0.0527. The van der Waals surface area contributed by atoms with Crippen LogP contribution in [0.3, 0.4) is 0 Å². The second kappa shape index (κ2) is 5.02. The van der Waals surface area contributed by atoms with E-state index in [-0.39, 0.29) is 17.1 Å². The number of carboxylic acids is 1. The van der Waals surface area contributed by atoms with Crippen LogP contribution < -0.4 is 4.74 Å². The lowest BCUT2D eigenvalue weighted by Gasteiger charge is -2.05. The van der Waals surface area contributed by atoms with E-state index < -0.39 is 5.97 Å². The summed E-state index contributed by atoms with van der Waals surface area (Å²) in [6.07, 6.45) is 0. The number of para-hydroxylation sites is 1. The lowest BCUT2D eigenvalue weighted by atomic mass is 10.2. The molecule has 0 aliphatic carbocycles. The Balaban J connectivity index is 2.08. The second-order valence-electron chi connectivity index (χ2n) is 4.30. The number of nitrogens with zero attached hydrogens (tertiary/aromatic N) is 1. The zero-order chi connectivity index (χ0) is 14.8. The van der Waals surface area contributed by atoms with Crippen molar-refractivity contribution in [2.75, 3.05) is 0 Å². The van der Waals surface area contributed by atoms with Crippen molar-refractivity contribution in [2.45, 2.75) is 0 Å². The van der Waals surface area contributed by atoms with E-state index in [4.69, 9.17) is 19.5 Å². The van der Waals surface area contributed by atoms with E-state index in [1.54, 1.807) is 36.4 Å². The number of rotatable bonds is 3. The number of hydrogen-bond acceptors (Lipinski definition) is 4. The topological polar surface area (TPSA) is 83.5 Å². The average molecular weight is 279 g/mol. The standard InChI is InChI=1S/C16H9NO4/c17-9-14-15(12-6-1-2-7-13(12)21-14)20-11-5-3-4-10(8-11)16(18)19/h1-8H,(H,18,19). The number of nitriles is 1. The molecule has 0 saturated carbocycles. The molecule has 2 aromatic carbocycles. The van der Waals surface area contributed by atoms with Crippen molar-refractivity contribution in [1.82, 2.24) is 0 Å². The highest BCUT2D eigenvalue weighted by Gasteiger charge is 2.16. The summed E-state index contributed by atoms with van der Waals surface area (Å²) in [7, 11) is 0. The molecule has 21 heavy (non-hydrogen) atoms. The third kappa shape index (κ3) is 2.30. The van der Waals surface area contributed by atoms with Gasteiger partial charge in [0.2, 0.25) is 5.76 Å². The zero-order valence-electron chi connectivity index (χ0n) is 10.7. The number of fused-ring (bicyclic) bond motifs is 1. The lowest BCUT2D eigenvalue weighted by Crippen LogP contribution is -1.96. The van der Waals surface area contributed by atoms with Crippen LogP contribution >= 0.6 is 0 Å². The molecule has 1 heterocycles. The molecule has 0 unspecified atom stereocenters. The van der Waals surface area contributed by atoms with Crippen molar-refractivity contribution >= 4 is 16.9 Å². The fraction of sp³-hybridized carbons (Fsp3) is 0. The molecule has 3 rings (SSSR count). The second-order valence-corrected chi connectivity index (χ2v) is 4.30. The molecule has 0 bridgehead atoms. The summed E-state index contributed by atoms with van der Waals surface area (Å²) in [5.41, 5.74) is 0.650. The van der Waals surface area contributed by atoms with Crippen LogP contribution in [0, 0.1) is 11.3 Å². The molecule has 0 radical (unpaired) electrons. The van der Waals surface area contributed by atoms with Crippen LogP contribution in [0.1, 0.15) is 16.1 Å². The molecule has 3 aromatic rings. The number of hydrogen-bond donors (Lipinski definition) is 1. The fourth-order valence-electron chi connectivity index (χ4n) is 2.01. The van der Waals surface area contributed by atoms with E-state index in [9.17, 15) is 4.79 Å². The molecule has 0 atom stereocenters. The molecule has 5 heteroatoms. The molecule has 0 aliphatic heterocycles. The van der Waals surface area contributed by atoms with Crippen LogP contribution in [0.4, 0.5) is 0 Å². The van der Waals surface area contributed by atoms with Gasteiger partial charge in [0.25, 0.3) is 0 Å². The third-order valence-electron chi connectivity index (χ3n) is 2.95. The van der Waals surface area contributed by atoms with Gasteiger partial charge in [-0.2, -0.15) is 5.26 Å². The van der Waals surface area contributed by atoms with E-state index >= 15 is 0 Å². The number of ether oxygens (including phenoxy) is 1. The van der Waals surface area contributed by atoms with Crippen LogP contribution in [0.25, 0.3) is 11.0 Å². The van der Waals surface area contributed by atoms with Gasteiger partial charge in [0.1, 0.15) is 17.4 Å². The Morgan fingerprint density at radius 3 is 2.76 bits per heavy atom. The predicted molar refractivity (Wildman–Crippen MR) is 74.4 cm³/mol. The summed E-state index contributed by atoms with van der Waals surface area (Å²) >= 11 is 0. The number of furan rings is 1. The Morgan fingerprint density at radius 1 is 1.19 bits per heavy atom. The maximum atomic E-state index is 11.0. The van der Waals surface area contributed by atoms with Gasteiger partial charge in [0.15, 0.2) is 5.75 Å². The summed E-state index contributed by atoms with van der Waals surface area (Å²) in [5.74, 6) is -0.372. The molecule has 102 valence electrons. The van der Waals surface area contributed by atoms with Gasteiger partial charge in [0, 0.05) is 0 Å². The molecular formula is C16H9NO4. The highest BCUT2D eigenvalue weighted by Crippen LogP contribution is 2.35. The lowest BCUT2D eigenvalue weighted by molar-refractivity contribution is 0.0696. The Hall–Kier alpha value is -3.26. The molecule has 1 N–H and O–H groups in total. The number of carbonyl (C=O) groups is 1. The van der Waals surface area contributed by atoms with Crippen molar-refractivity contribution in [2.24, 2.45) is 0 Å². The maximum Gasteiger partial charge on any atom is 0.335 e. The minimum Gasteiger partial charge on any atom is -0.478 e. The third-order valence-corrected chi connectivity index (χ3v) is 2.95. The Bertz CT molecular complexity index is 873. The van der Waals surface area contributed by atoms with E-state index in [2.05, 4.69) is 0 Å². The monoisotopic (exact) mass is 279 g/mol. The molecule has 1 aromatic heterocycles. The first-order valence-electron chi connectivity index (χ1n) is 6.12. The van der Waals surface area contributed by atoms with Gasteiger partial charge in [-0.25, -0.2) is 4.79 Å². The molecule has 0 saturated heterocycles. The quantitative estimate of drug-likeness (QED) is 0.788. The molecule has 0 spiro atoms. The van der Waals surface area contributed by atoms with Crippen molar-refractivity contribution in [1.29, 1.82) is 5.26 Å².